The third-order valence-electron chi connectivity index (χ3n) is 5.31. The van der Waals surface area contributed by atoms with Crippen molar-refractivity contribution in [2.75, 3.05) is 66.8 Å². The lowest BCUT2D eigenvalue weighted by Gasteiger charge is -2.31. The van der Waals surface area contributed by atoms with Crippen molar-refractivity contribution in [1.82, 2.24) is 15.5 Å². The van der Waals surface area contributed by atoms with E-state index in [0.29, 0.717) is 19.1 Å². The maximum absolute atomic E-state index is 5.50. The van der Waals surface area contributed by atoms with Crippen LogP contribution in [0.3, 0.4) is 0 Å². The molecule has 1 aliphatic heterocycles. The van der Waals surface area contributed by atoms with Gasteiger partial charge in [-0.1, -0.05) is 12.1 Å². The summed E-state index contributed by atoms with van der Waals surface area (Å²) >= 11 is 0. The Balaban J connectivity index is 0.00000480. The van der Waals surface area contributed by atoms with E-state index in [0.717, 1.165) is 64.0 Å². The fourth-order valence-electron chi connectivity index (χ4n) is 3.50. The van der Waals surface area contributed by atoms with Gasteiger partial charge in [0.2, 0.25) is 0 Å². The Kier molecular flexibility index (Phi) is 15.7. The highest BCUT2D eigenvalue weighted by Crippen LogP contribution is 2.20. The molecule has 0 spiro atoms. The van der Waals surface area contributed by atoms with Gasteiger partial charge in [0.1, 0.15) is 5.75 Å². The molecule has 178 valence electrons. The second-order valence-corrected chi connectivity index (χ2v) is 7.67. The maximum atomic E-state index is 5.50. The van der Waals surface area contributed by atoms with Crippen LogP contribution in [0.4, 0.5) is 0 Å². The van der Waals surface area contributed by atoms with Gasteiger partial charge in [-0.05, 0) is 62.9 Å². The summed E-state index contributed by atoms with van der Waals surface area (Å²) in [4.78, 5) is 7.35. The summed E-state index contributed by atoms with van der Waals surface area (Å²) in [5, 5.41) is 6.75. The maximum Gasteiger partial charge on any atom is 0.191 e. The number of nitrogens with zero attached hydrogens (tertiary/aromatic N) is 2. The molecular formula is C23H41IN4O3. The van der Waals surface area contributed by atoms with Crippen molar-refractivity contribution < 1.29 is 14.2 Å². The third-order valence-corrected chi connectivity index (χ3v) is 5.31. The number of piperidine rings is 1. The first-order valence-corrected chi connectivity index (χ1v) is 11.2. The number of methoxy groups -OCH3 is 2. The first kappa shape index (κ1) is 27.9. The predicted molar refractivity (Wildman–Crippen MR) is 138 cm³/mol. The van der Waals surface area contributed by atoms with E-state index in [2.05, 4.69) is 34.6 Å². The Hall–Kier alpha value is -1.10. The number of guanidine groups is 1. The van der Waals surface area contributed by atoms with Crippen LogP contribution in [0, 0.1) is 5.92 Å². The van der Waals surface area contributed by atoms with Crippen molar-refractivity contribution in [2.24, 2.45) is 10.9 Å². The minimum absolute atomic E-state index is 0. The highest BCUT2D eigenvalue weighted by molar-refractivity contribution is 14.0. The molecular weight excluding hydrogens is 507 g/mol. The van der Waals surface area contributed by atoms with Gasteiger partial charge in [-0.3, -0.25) is 9.89 Å². The van der Waals surface area contributed by atoms with Crippen LogP contribution < -0.4 is 15.4 Å². The zero-order valence-electron chi connectivity index (χ0n) is 19.4. The minimum Gasteiger partial charge on any atom is -0.497 e. The fraction of sp³-hybridized carbons (Fsp3) is 0.696. The van der Waals surface area contributed by atoms with E-state index in [1.54, 1.807) is 14.2 Å². The number of nitrogens with one attached hydrogen (secondary N) is 2. The molecule has 1 aromatic carbocycles. The number of rotatable bonds is 13. The number of likely N-dealkylation sites (tertiary alicyclic amines) is 1. The molecule has 0 aromatic heterocycles. The van der Waals surface area contributed by atoms with Crippen molar-refractivity contribution in [3.05, 3.63) is 29.8 Å². The molecule has 2 rings (SSSR count). The van der Waals surface area contributed by atoms with Crippen molar-refractivity contribution in [3.8, 4) is 5.75 Å². The standard InChI is InChI=1S/C23H40N4O3.HI/c1-4-24-23(25-12-5-15-30-17-16-28-2)26-18-20-10-13-27(14-11-20)19-21-6-8-22(29-3)9-7-21;/h6-9,20H,4-5,10-19H2,1-3H3,(H2,24,25,26);1H. The van der Waals surface area contributed by atoms with E-state index in [4.69, 9.17) is 19.2 Å². The summed E-state index contributed by atoms with van der Waals surface area (Å²) in [5.74, 6) is 2.49. The molecule has 0 saturated carbocycles. The predicted octanol–water partition coefficient (Wildman–Crippen LogP) is 3.13. The average Bonchev–Trinajstić information content (AvgIpc) is 2.78. The second-order valence-electron chi connectivity index (χ2n) is 7.67. The lowest BCUT2D eigenvalue weighted by atomic mass is 9.96. The van der Waals surface area contributed by atoms with E-state index in [-0.39, 0.29) is 24.0 Å². The summed E-state index contributed by atoms with van der Waals surface area (Å²) in [5.41, 5.74) is 1.34. The molecule has 1 aliphatic rings. The summed E-state index contributed by atoms with van der Waals surface area (Å²) < 4.78 is 15.7. The van der Waals surface area contributed by atoms with Crippen molar-refractivity contribution >= 4 is 29.9 Å². The Bertz CT molecular complexity index is 593. The number of halogens is 1. The summed E-state index contributed by atoms with van der Waals surface area (Å²) in [7, 11) is 3.40. The Morgan fingerprint density at radius 1 is 1.06 bits per heavy atom. The molecule has 1 saturated heterocycles. The normalized spacial score (nSPS) is 15.4. The van der Waals surface area contributed by atoms with Gasteiger partial charge < -0.3 is 24.8 Å². The fourth-order valence-corrected chi connectivity index (χ4v) is 3.50. The Morgan fingerprint density at radius 3 is 2.45 bits per heavy atom. The van der Waals surface area contributed by atoms with Gasteiger partial charge in [0.15, 0.2) is 5.96 Å². The number of ether oxygens (including phenoxy) is 3. The van der Waals surface area contributed by atoms with Gasteiger partial charge in [0.25, 0.3) is 0 Å². The molecule has 1 fully saturated rings. The molecule has 7 nitrogen and oxygen atoms in total. The molecule has 0 unspecified atom stereocenters. The molecule has 2 N–H and O–H groups in total. The van der Waals surface area contributed by atoms with Crippen LogP contribution in [-0.2, 0) is 16.0 Å². The first-order chi connectivity index (χ1) is 14.7. The molecule has 1 aromatic rings. The lowest BCUT2D eigenvalue weighted by Crippen LogP contribution is -2.39. The van der Waals surface area contributed by atoms with E-state index >= 15 is 0 Å². The average molecular weight is 549 g/mol. The highest BCUT2D eigenvalue weighted by Gasteiger charge is 2.19. The number of hydrogen-bond acceptors (Lipinski definition) is 5. The monoisotopic (exact) mass is 548 g/mol. The van der Waals surface area contributed by atoms with Crippen LogP contribution >= 0.6 is 24.0 Å². The minimum atomic E-state index is 0. The van der Waals surface area contributed by atoms with E-state index in [1.807, 2.05) is 12.1 Å². The van der Waals surface area contributed by atoms with Crippen molar-refractivity contribution in [2.45, 2.75) is 32.7 Å². The quantitative estimate of drug-likeness (QED) is 0.171. The molecule has 0 radical (unpaired) electrons. The molecule has 0 amide bonds. The molecule has 8 heteroatoms. The van der Waals surface area contributed by atoms with Gasteiger partial charge in [-0.15, -0.1) is 24.0 Å². The molecule has 0 bridgehead atoms. The van der Waals surface area contributed by atoms with Crippen LogP contribution in [0.1, 0.15) is 31.7 Å². The first-order valence-electron chi connectivity index (χ1n) is 11.2. The second kappa shape index (κ2) is 17.5. The van der Waals surface area contributed by atoms with Gasteiger partial charge in [-0.25, -0.2) is 0 Å². The van der Waals surface area contributed by atoms with Crippen molar-refractivity contribution in [1.29, 1.82) is 0 Å². The van der Waals surface area contributed by atoms with E-state index in [1.165, 1.54) is 18.4 Å². The highest BCUT2D eigenvalue weighted by atomic mass is 127. The topological polar surface area (TPSA) is 67.4 Å². The van der Waals surface area contributed by atoms with Crippen LogP contribution in [0.15, 0.2) is 29.3 Å². The summed E-state index contributed by atoms with van der Waals surface area (Å²) in [6.45, 7) is 10.0. The summed E-state index contributed by atoms with van der Waals surface area (Å²) in [6, 6.07) is 8.40. The third kappa shape index (κ3) is 11.9. The Morgan fingerprint density at radius 2 is 1.81 bits per heavy atom. The van der Waals surface area contributed by atoms with Crippen LogP contribution in [0.2, 0.25) is 0 Å². The molecule has 31 heavy (non-hydrogen) atoms. The van der Waals surface area contributed by atoms with Crippen LogP contribution in [0.5, 0.6) is 5.75 Å². The van der Waals surface area contributed by atoms with Gasteiger partial charge in [0, 0.05) is 39.9 Å². The molecule has 0 aliphatic carbocycles. The smallest absolute Gasteiger partial charge is 0.191 e. The number of hydrogen-bond donors (Lipinski definition) is 2. The van der Waals surface area contributed by atoms with Crippen LogP contribution in [-0.4, -0.2) is 77.6 Å². The van der Waals surface area contributed by atoms with Gasteiger partial charge >= 0.3 is 0 Å². The zero-order valence-corrected chi connectivity index (χ0v) is 21.7. The number of benzene rings is 1. The zero-order chi connectivity index (χ0) is 21.4. The largest absolute Gasteiger partial charge is 0.497 e. The SMILES string of the molecule is CCNC(=NCC1CCN(Cc2ccc(OC)cc2)CC1)NCCCOCCOC.I. The van der Waals surface area contributed by atoms with Crippen LogP contribution in [0.25, 0.3) is 0 Å². The van der Waals surface area contributed by atoms with Gasteiger partial charge in [-0.2, -0.15) is 0 Å². The number of aliphatic imine (C=N–C) groups is 1. The molecule has 0 atom stereocenters. The van der Waals surface area contributed by atoms with Gasteiger partial charge in [0.05, 0.1) is 20.3 Å². The van der Waals surface area contributed by atoms with E-state index < -0.39 is 0 Å². The summed E-state index contributed by atoms with van der Waals surface area (Å²) in [6.07, 6.45) is 3.36. The molecule has 1 heterocycles. The van der Waals surface area contributed by atoms with Crippen molar-refractivity contribution in [3.63, 3.8) is 0 Å². The van der Waals surface area contributed by atoms with E-state index in [9.17, 15) is 0 Å². The Labute approximate surface area is 205 Å². The lowest BCUT2D eigenvalue weighted by molar-refractivity contribution is 0.0698.